The van der Waals surface area contributed by atoms with Gasteiger partial charge in [-0.15, -0.1) is 0 Å². The van der Waals surface area contributed by atoms with E-state index in [4.69, 9.17) is 0 Å². The number of hydrogen-bond donors (Lipinski definition) is 0. The predicted octanol–water partition coefficient (Wildman–Crippen LogP) is 6.94. The van der Waals surface area contributed by atoms with E-state index in [1.54, 1.807) is 0 Å². The molecule has 0 nitrogen and oxygen atoms in total. The van der Waals surface area contributed by atoms with E-state index in [2.05, 4.69) is 101 Å². The highest BCUT2D eigenvalue weighted by atomic mass is 79.9. The van der Waals surface area contributed by atoms with Crippen molar-refractivity contribution in [2.75, 3.05) is 0 Å². The van der Waals surface area contributed by atoms with Gasteiger partial charge in [-0.2, -0.15) is 0 Å². The Morgan fingerprint density at radius 1 is 0.522 bits per heavy atom. The van der Waals surface area contributed by atoms with E-state index in [0.717, 1.165) is 4.47 Å². The summed E-state index contributed by atoms with van der Waals surface area (Å²) in [6.07, 6.45) is 0. The Balaban J connectivity index is 1.95. The van der Waals surface area contributed by atoms with Crippen LogP contribution in [0.1, 0.15) is 0 Å². The standard InChI is InChI=1S/C22H15Br/c23-22-14-13-18(16-7-2-1-3-8-16)15-21(22)20-12-6-10-17-9-4-5-11-19(17)20/h1-15H. The largest absolute Gasteiger partial charge is 0.0622 e. The third-order valence-corrected chi connectivity index (χ3v) is 4.84. The maximum Gasteiger partial charge on any atom is 0.0254 e. The number of halogens is 1. The topological polar surface area (TPSA) is 0 Å². The molecule has 0 unspecified atom stereocenters. The van der Waals surface area contributed by atoms with Crippen LogP contribution in [0.25, 0.3) is 33.0 Å². The van der Waals surface area contributed by atoms with Gasteiger partial charge in [0.05, 0.1) is 0 Å². The van der Waals surface area contributed by atoms with Gasteiger partial charge in [0.1, 0.15) is 0 Å². The Labute approximate surface area is 144 Å². The Kier molecular flexibility index (Phi) is 3.72. The van der Waals surface area contributed by atoms with Crippen LogP contribution in [0, 0.1) is 0 Å². The van der Waals surface area contributed by atoms with Crippen LogP contribution >= 0.6 is 15.9 Å². The van der Waals surface area contributed by atoms with Crippen molar-refractivity contribution in [1.29, 1.82) is 0 Å². The van der Waals surface area contributed by atoms with Gasteiger partial charge in [0.25, 0.3) is 0 Å². The van der Waals surface area contributed by atoms with Gasteiger partial charge in [0, 0.05) is 4.47 Å². The molecule has 23 heavy (non-hydrogen) atoms. The second kappa shape index (κ2) is 6.02. The summed E-state index contributed by atoms with van der Waals surface area (Å²) in [5, 5.41) is 2.54. The van der Waals surface area contributed by atoms with Gasteiger partial charge in [-0.05, 0) is 45.2 Å². The monoisotopic (exact) mass is 358 g/mol. The SMILES string of the molecule is Brc1ccc(-c2ccccc2)cc1-c1cccc2ccccc12. The minimum Gasteiger partial charge on any atom is -0.0622 e. The molecule has 110 valence electrons. The van der Waals surface area contributed by atoms with Crippen LogP contribution in [0.3, 0.4) is 0 Å². The molecule has 0 aliphatic rings. The first kappa shape index (κ1) is 14.2. The molecule has 0 spiro atoms. The van der Waals surface area contributed by atoms with Crippen molar-refractivity contribution in [3.05, 3.63) is 95.5 Å². The van der Waals surface area contributed by atoms with Crippen LogP contribution < -0.4 is 0 Å². The molecule has 4 aromatic rings. The Bertz CT molecular complexity index is 966. The van der Waals surface area contributed by atoms with Crippen molar-refractivity contribution in [3.63, 3.8) is 0 Å². The Morgan fingerprint density at radius 2 is 1.26 bits per heavy atom. The molecule has 0 aliphatic carbocycles. The molecule has 0 aliphatic heterocycles. The smallest absolute Gasteiger partial charge is 0.0254 e. The lowest BCUT2D eigenvalue weighted by atomic mass is 9.95. The first-order valence-corrected chi connectivity index (χ1v) is 8.45. The predicted molar refractivity (Wildman–Crippen MR) is 103 cm³/mol. The summed E-state index contributed by atoms with van der Waals surface area (Å²) < 4.78 is 1.12. The van der Waals surface area contributed by atoms with Gasteiger partial charge in [-0.25, -0.2) is 0 Å². The molecule has 4 aromatic carbocycles. The fourth-order valence-corrected chi connectivity index (χ4v) is 3.46. The van der Waals surface area contributed by atoms with E-state index < -0.39 is 0 Å². The molecule has 0 amide bonds. The first-order valence-electron chi connectivity index (χ1n) is 7.66. The highest BCUT2D eigenvalue weighted by Gasteiger charge is 2.09. The molecule has 0 radical (unpaired) electrons. The number of hydrogen-bond acceptors (Lipinski definition) is 0. The van der Waals surface area contributed by atoms with E-state index in [9.17, 15) is 0 Å². The van der Waals surface area contributed by atoms with Gasteiger partial charge < -0.3 is 0 Å². The van der Waals surface area contributed by atoms with Crippen molar-refractivity contribution in [1.82, 2.24) is 0 Å². The average molecular weight is 359 g/mol. The fourth-order valence-electron chi connectivity index (χ4n) is 3.00. The second-order valence-electron chi connectivity index (χ2n) is 5.59. The lowest BCUT2D eigenvalue weighted by Gasteiger charge is -2.11. The third-order valence-electron chi connectivity index (χ3n) is 4.15. The van der Waals surface area contributed by atoms with Crippen molar-refractivity contribution in [2.45, 2.75) is 0 Å². The maximum absolute atomic E-state index is 3.73. The van der Waals surface area contributed by atoms with E-state index in [1.165, 1.54) is 33.0 Å². The summed E-state index contributed by atoms with van der Waals surface area (Å²) in [6, 6.07) is 32.1. The van der Waals surface area contributed by atoms with Gasteiger partial charge in [0.2, 0.25) is 0 Å². The van der Waals surface area contributed by atoms with Crippen molar-refractivity contribution < 1.29 is 0 Å². The lowest BCUT2D eigenvalue weighted by molar-refractivity contribution is 1.57. The van der Waals surface area contributed by atoms with E-state index in [1.807, 2.05) is 6.07 Å². The van der Waals surface area contributed by atoms with Gasteiger partial charge in [-0.3, -0.25) is 0 Å². The molecule has 0 saturated carbocycles. The zero-order valence-corrected chi connectivity index (χ0v) is 14.1. The second-order valence-corrected chi connectivity index (χ2v) is 6.44. The fraction of sp³-hybridized carbons (Fsp3) is 0. The molecule has 1 heteroatoms. The maximum atomic E-state index is 3.73. The summed E-state index contributed by atoms with van der Waals surface area (Å²) in [6.45, 7) is 0. The average Bonchev–Trinajstić information content (AvgIpc) is 2.62. The zero-order chi connectivity index (χ0) is 15.6. The molecule has 0 bridgehead atoms. The normalized spacial score (nSPS) is 10.8. The Hall–Kier alpha value is -2.38. The molecule has 0 aromatic heterocycles. The molecular formula is C22H15Br. The number of fused-ring (bicyclic) bond motifs is 1. The van der Waals surface area contributed by atoms with Gasteiger partial charge in [-0.1, -0.05) is 94.8 Å². The van der Waals surface area contributed by atoms with Crippen LogP contribution in [-0.4, -0.2) is 0 Å². The summed E-state index contributed by atoms with van der Waals surface area (Å²) in [7, 11) is 0. The molecule has 0 fully saturated rings. The molecule has 0 N–H and O–H groups in total. The van der Waals surface area contributed by atoms with Gasteiger partial charge >= 0.3 is 0 Å². The van der Waals surface area contributed by atoms with Crippen molar-refractivity contribution in [2.24, 2.45) is 0 Å². The highest BCUT2D eigenvalue weighted by Crippen LogP contribution is 2.36. The number of benzene rings is 4. The van der Waals surface area contributed by atoms with Crippen LogP contribution in [0.15, 0.2) is 95.5 Å². The van der Waals surface area contributed by atoms with Crippen LogP contribution in [0.5, 0.6) is 0 Å². The van der Waals surface area contributed by atoms with Crippen LogP contribution in [0.2, 0.25) is 0 Å². The van der Waals surface area contributed by atoms with Gasteiger partial charge in [0.15, 0.2) is 0 Å². The lowest BCUT2D eigenvalue weighted by Crippen LogP contribution is -1.85. The van der Waals surface area contributed by atoms with E-state index >= 15 is 0 Å². The zero-order valence-electron chi connectivity index (χ0n) is 12.5. The minimum atomic E-state index is 1.12. The summed E-state index contributed by atoms with van der Waals surface area (Å²) in [5.41, 5.74) is 4.95. The first-order chi connectivity index (χ1) is 11.3. The quantitative estimate of drug-likeness (QED) is 0.364. The molecule has 4 rings (SSSR count). The molecule has 0 saturated heterocycles. The molecule has 0 heterocycles. The van der Waals surface area contributed by atoms with E-state index in [0.29, 0.717) is 0 Å². The minimum absolute atomic E-state index is 1.12. The highest BCUT2D eigenvalue weighted by molar-refractivity contribution is 9.10. The third kappa shape index (κ3) is 2.69. The number of rotatable bonds is 2. The summed E-state index contributed by atoms with van der Waals surface area (Å²) >= 11 is 3.73. The summed E-state index contributed by atoms with van der Waals surface area (Å²) in [5.74, 6) is 0. The van der Waals surface area contributed by atoms with Crippen molar-refractivity contribution >= 4 is 26.7 Å². The summed E-state index contributed by atoms with van der Waals surface area (Å²) in [4.78, 5) is 0. The van der Waals surface area contributed by atoms with Crippen LogP contribution in [0.4, 0.5) is 0 Å². The molecular weight excluding hydrogens is 344 g/mol. The van der Waals surface area contributed by atoms with E-state index in [-0.39, 0.29) is 0 Å². The van der Waals surface area contributed by atoms with Crippen LogP contribution in [-0.2, 0) is 0 Å². The van der Waals surface area contributed by atoms with Crippen molar-refractivity contribution in [3.8, 4) is 22.3 Å². The molecule has 0 atom stereocenters. The Morgan fingerprint density at radius 3 is 2.13 bits per heavy atom.